The van der Waals surface area contributed by atoms with Crippen molar-refractivity contribution in [1.29, 1.82) is 5.41 Å². The van der Waals surface area contributed by atoms with Gasteiger partial charge in [-0.1, -0.05) is 19.4 Å². The monoisotopic (exact) mass is 368 g/mol. The highest BCUT2D eigenvalue weighted by molar-refractivity contribution is 7.12. The molecule has 0 unspecified atom stereocenters. The van der Waals surface area contributed by atoms with E-state index in [4.69, 9.17) is 11.1 Å². The number of aliphatic imine (C=N–C) groups is 1. The molecule has 1 aromatic heterocycles. The van der Waals surface area contributed by atoms with Crippen LogP contribution >= 0.6 is 11.3 Å². The zero-order chi connectivity index (χ0) is 18.5. The van der Waals surface area contributed by atoms with Crippen LogP contribution in [0.5, 0.6) is 0 Å². The summed E-state index contributed by atoms with van der Waals surface area (Å²) >= 11 is 1.56. The molecule has 0 spiro atoms. The van der Waals surface area contributed by atoms with Gasteiger partial charge in [0.25, 0.3) is 0 Å². The Kier molecular flexibility index (Phi) is 5.83. The molecule has 0 saturated carbocycles. The van der Waals surface area contributed by atoms with Crippen LogP contribution in [0.4, 0.5) is 11.4 Å². The van der Waals surface area contributed by atoms with Crippen molar-refractivity contribution in [3.63, 3.8) is 0 Å². The maximum atomic E-state index is 12.4. The molecule has 136 valence electrons. The van der Waals surface area contributed by atoms with Crippen LogP contribution in [0.25, 0.3) is 0 Å². The smallest absolute Gasteiger partial charge is 0.227 e. The summed E-state index contributed by atoms with van der Waals surface area (Å²) in [5.41, 5.74) is 9.65. The lowest BCUT2D eigenvalue weighted by atomic mass is 9.99. The van der Waals surface area contributed by atoms with Gasteiger partial charge >= 0.3 is 0 Å². The second-order valence-corrected chi connectivity index (χ2v) is 7.38. The topological polar surface area (TPSA) is 82.5 Å². The first-order valence-electron chi connectivity index (χ1n) is 8.96. The minimum absolute atomic E-state index is 0.135. The normalized spacial score (nSPS) is 14.4. The number of nitrogens with one attached hydrogen (secondary N) is 1. The lowest BCUT2D eigenvalue weighted by Gasteiger charge is -2.29. The Labute approximate surface area is 158 Å². The van der Waals surface area contributed by atoms with Crippen LogP contribution in [0.2, 0.25) is 0 Å². The number of nitrogens with two attached hydrogens (primary N) is 1. The number of hydrogen-bond acceptors (Lipinski definition) is 4. The molecule has 0 bridgehead atoms. The molecule has 0 aliphatic carbocycles. The average Bonchev–Trinajstić information content (AvgIpc) is 3.16. The van der Waals surface area contributed by atoms with E-state index in [9.17, 15) is 4.79 Å². The molecule has 1 aromatic carbocycles. The van der Waals surface area contributed by atoms with Gasteiger partial charge in [0.2, 0.25) is 5.91 Å². The Morgan fingerprint density at radius 1 is 1.31 bits per heavy atom. The Morgan fingerprint density at radius 2 is 2.15 bits per heavy atom. The number of anilines is 1. The van der Waals surface area contributed by atoms with Gasteiger partial charge in [-0.05, 0) is 48.1 Å². The number of amides is 1. The van der Waals surface area contributed by atoms with Crippen molar-refractivity contribution in [2.24, 2.45) is 10.7 Å². The van der Waals surface area contributed by atoms with Crippen molar-refractivity contribution in [3.8, 4) is 0 Å². The number of thiophene rings is 1. The van der Waals surface area contributed by atoms with Crippen LogP contribution in [-0.4, -0.2) is 24.0 Å². The molecule has 0 atom stereocenters. The number of aryl methyl sites for hydroxylation is 1. The van der Waals surface area contributed by atoms with E-state index >= 15 is 0 Å². The van der Waals surface area contributed by atoms with E-state index in [0.29, 0.717) is 30.9 Å². The summed E-state index contributed by atoms with van der Waals surface area (Å²) in [6, 6.07) is 9.79. The summed E-state index contributed by atoms with van der Waals surface area (Å²) in [5, 5.41) is 9.94. The summed E-state index contributed by atoms with van der Waals surface area (Å²) < 4.78 is 0. The molecule has 1 aliphatic heterocycles. The molecule has 3 rings (SSSR count). The number of carbonyl (C=O) groups excluding carboxylic acids is 1. The van der Waals surface area contributed by atoms with Gasteiger partial charge in [0, 0.05) is 30.8 Å². The van der Waals surface area contributed by atoms with Crippen LogP contribution in [-0.2, 0) is 11.2 Å². The summed E-state index contributed by atoms with van der Waals surface area (Å²) in [6.07, 6.45) is 3.62. The van der Waals surface area contributed by atoms with E-state index in [1.165, 1.54) is 0 Å². The fourth-order valence-corrected chi connectivity index (χ4v) is 3.78. The van der Waals surface area contributed by atoms with Crippen molar-refractivity contribution in [3.05, 3.63) is 46.2 Å². The second kappa shape index (κ2) is 8.27. The minimum atomic E-state index is 0.135. The summed E-state index contributed by atoms with van der Waals surface area (Å²) in [5.74, 6) is 0.646. The maximum Gasteiger partial charge on any atom is 0.227 e. The molecule has 2 aromatic rings. The minimum Gasteiger partial charge on any atom is -0.383 e. The molecular weight excluding hydrogens is 344 g/mol. The van der Waals surface area contributed by atoms with Crippen molar-refractivity contribution in [2.75, 3.05) is 11.4 Å². The first-order valence-corrected chi connectivity index (χ1v) is 9.84. The zero-order valence-electron chi connectivity index (χ0n) is 15.0. The van der Waals surface area contributed by atoms with Crippen molar-refractivity contribution in [1.82, 2.24) is 0 Å². The Hall–Kier alpha value is -2.47. The second-order valence-electron chi connectivity index (χ2n) is 6.44. The number of carbonyl (C=O) groups is 1. The third-order valence-electron chi connectivity index (χ3n) is 4.48. The van der Waals surface area contributed by atoms with E-state index in [-0.39, 0.29) is 5.91 Å². The van der Waals surface area contributed by atoms with E-state index in [2.05, 4.69) is 11.9 Å². The first-order chi connectivity index (χ1) is 12.6. The molecule has 5 nitrogen and oxygen atoms in total. The zero-order valence-corrected chi connectivity index (χ0v) is 15.8. The Balaban J connectivity index is 1.79. The molecule has 1 aliphatic rings. The maximum absolute atomic E-state index is 12.4. The summed E-state index contributed by atoms with van der Waals surface area (Å²) in [4.78, 5) is 19.6. The molecule has 26 heavy (non-hydrogen) atoms. The quantitative estimate of drug-likeness (QED) is 0.565. The molecule has 0 radical (unpaired) electrons. The number of amidine groups is 1. The molecule has 6 heteroatoms. The van der Waals surface area contributed by atoms with Gasteiger partial charge in [0.05, 0.1) is 10.6 Å². The number of hydrogen-bond donors (Lipinski definition) is 2. The van der Waals surface area contributed by atoms with Crippen LogP contribution in [0.3, 0.4) is 0 Å². The average molecular weight is 369 g/mol. The third kappa shape index (κ3) is 4.19. The Morgan fingerprint density at radius 3 is 2.88 bits per heavy atom. The standard InChI is InChI=1S/C20H24N4OS/c1-2-4-15(21)10-11-24-17-8-7-16(13-14(17)6-9-19(24)25)23-20(22)18-5-3-12-26-18/h3,5,7-8,12-13,21H,2,4,6,9-11H2,1H3,(H2,22,23). The molecular formula is C20H24N4OS. The van der Waals surface area contributed by atoms with Gasteiger partial charge in [0.1, 0.15) is 5.84 Å². The van der Waals surface area contributed by atoms with Gasteiger partial charge in [-0.3, -0.25) is 4.79 Å². The number of rotatable bonds is 7. The largest absolute Gasteiger partial charge is 0.383 e. The highest BCUT2D eigenvalue weighted by atomic mass is 32.1. The van der Waals surface area contributed by atoms with E-state index in [0.717, 1.165) is 41.1 Å². The fourth-order valence-electron chi connectivity index (χ4n) is 3.15. The van der Waals surface area contributed by atoms with Crippen LogP contribution in [0, 0.1) is 5.41 Å². The van der Waals surface area contributed by atoms with Crippen molar-refractivity contribution < 1.29 is 4.79 Å². The van der Waals surface area contributed by atoms with Gasteiger partial charge < -0.3 is 16.0 Å². The Bertz CT molecular complexity index is 826. The van der Waals surface area contributed by atoms with E-state index < -0.39 is 0 Å². The van der Waals surface area contributed by atoms with Crippen molar-refractivity contribution >= 4 is 40.2 Å². The van der Waals surface area contributed by atoms with E-state index in [1.54, 1.807) is 11.3 Å². The molecule has 3 N–H and O–H groups in total. The summed E-state index contributed by atoms with van der Waals surface area (Å²) in [6.45, 7) is 2.64. The van der Waals surface area contributed by atoms with Gasteiger partial charge in [-0.25, -0.2) is 4.99 Å². The lowest BCUT2D eigenvalue weighted by molar-refractivity contribution is -0.118. The molecule has 0 fully saturated rings. The number of benzene rings is 1. The van der Waals surface area contributed by atoms with Gasteiger partial charge in [0.15, 0.2) is 0 Å². The van der Waals surface area contributed by atoms with E-state index in [1.807, 2.05) is 40.6 Å². The van der Waals surface area contributed by atoms with Crippen LogP contribution in [0.15, 0.2) is 40.7 Å². The first kappa shape index (κ1) is 18.3. The highest BCUT2D eigenvalue weighted by Crippen LogP contribution is 2.31. The highest BCUT2D eigenvalue weighted by Gasteiger charge is 2.24. The third-order valence-corrected chi connectivity index (χ3v) is 5.37. The molecule has 2 heterocycles. The van der Waals surface area contributed by atoms with Gasteiger partial charge in [-0.2, -0.15) is 0 Å². The predicted molar refractivity (Wildman–Crippen MR) is 109 cm³/mol. The van der Waals surface area contributed by atoms with Gasteiger partial charge in [-0.15, -0.1) is 11.3 Å². The fraction of sp³-hybridized carbons (Fsp3) is 0.350. The number of nitrogens with zero attached hydrogens (tertiary/aromatic N) is 2. The predicted octanol–water partition coefficient (Wildman–Crippen LogP) is 4.27. The lowest BCUT2D eigenvalue weighted by Crippen LogP contribution is -2.36. The number of fused-ring (bicyclic) bond motifs is 1. The summed E-state index contributed by atoms with van der Waals surface area (Å²) in [7, 11) is 0. The van der Waals surface area contributed by atoms with Crippen molar-refractivity contribution in [2.45, 2.75) is 39.0 Å². The molecule has 1 amide bonds. The van der Waals surface area contributed by atoms with Crippen LogP contribution in [0.1, 0.15) is 43.0 Å². The molecule has 0 saturated heterocycles. The SMILES string of the molecule is CCCC(=N)CCN1C(=O)CCc2cc(N=C(N)c3cccs3)ccc21. The van der Waals surface area contributed by atoms with Crippen LogP contribution < -0.4 is 10.6 Å².